The Morgan fingerprint density at radius 1 is 1.40 bits per heavy atom. The lowest BCUT2D eigenvalue weighted by molar-refractivity contribution is -0.161. The Kier molecular flexibility index (Phi) is 2.31. The second-order valence-corrected chi connectivity index (χ2v) is 5.98. The van der Waals surface area contributed by atoms with Gasteiger partial charge in [-0.15, -0.1) is 0 Å². The van der Waals surface area contributed by atoms with Crippen molar-refractivity contribution in [1.29, 1.82) is 0 Å². The molecule has 5 nitrogen and oxygen atoms in total. The van der Waals surface area contributed by atoms with Crippen LogP contribution < -0.4 is 0 Å². The molecule has 2 bridgehead atoms. The molecule has 86 valence electrons. The molecule has 0 aliphatic heterocycles. The van der Waals surface area contributed by atoms with Crippen LogP contribution in [-0.2, 0) is 23.8 Å². The van der Waals surface area contributed by atoms with Crippen LogP contribution in [0.3, 0.4) is 0 Å². The van der Waals surface area contributed by atoms with Gasteiger partial charge in [0.2, 0.25) is 0 Å². The maximum absolute atomic E-state index is 11.6. The highest BCUT2D eigenvalue weighted by Crippen LogP contribution is 2.57. The molecule has 3 aliphatic rings. The zero-order valence-corrected chi connectivity index (χ0v) is 9.54. The van der Waals surface area contributed by atoms with Crippen LogP contribution >= 0.6 is 0 Å². The van der Waals surface area contributed by atoms with Crippen LogP contribution in [0.15, 0.2) is 0 Å². The molecule has 0 unspecified atom stereocenters. The van der Waals surface area contributed by atoms with Crippen LogP contribution in [0.1, 0.15) is 19.3 Å². The summed E-state index contributed by atoms with van der Waals surface area (Å²) in [6.45, 7) is 0. The van der Waals surface area contributed by atoms with Gasteiger partial charge in [-0.3, -0.25) is 4.18 Å². The van der Waals surface area contributed by atoms with Crippen LogP contribution in [0.5, 0.6) is 0 Å². The average Bonchev–Trinajstić information content (AvgIpc) is 2.53. The normalized spacial score (nSPS) is 38.5. The molecule has 3 rings (SSSR count). The molecule has 3 fully saturated rings. The minimum absolute atomic E-state index is 0.00433. The van der Waals surface area contributed by atoms with Crippen molar-refractivity contribution in [3.63, 3.8) is 0 Å². The van der Waals surface area contributed by atoms with Crippen molar-refractivity contribution in [2.45, 2.75) is 24.9 Å². The number of carbonyl (C=O) groups is 1. The first kappa shape index (κ1) is 10.9. The number of ether oxygens (including phenoxy) is 1. The molecule has 0 aromatic heterocycles. The van der Waals surface area contributed by atoms with E-state index >= 15 is 0 Å². The minimum atomic E-state index is -3.63. The number of methoxy groups -OCH3 is 1. The zero-order chi connectivity index (χ0) is 11.3. The molecule has 3 saturated carbocycles. The summed E-state index contributed by atoms with van der Waals surface area (Å²) in [4.78, 5) is 11.6. The Bertz CT molecular complexity index is 381. The number of rotatable bonds is 3. The maximum Gasteiger partial charge on any atom is 0.339 e. The number of hydrogen-bond donors (Lipinski definition) is 0. The monoisotopic (exact) mass is 234 g/mol. The Labute approximate surface area is 88.9 Å². The number of carbonyl (C=O) groups excluding carboxylic acids is 1. The van der Waals surface area contributed by atoms with E-state index in [0.29, 0.717) is 12.3 Å². The summed E-state index contributed by atoms with van der Waals surface area (Å²) in [5.41, 5.74) is -1.23. The third-order valence-electron chi connectivity index (χ3n) is 3.32. The Balaban J connectivity index is 2.28. The third-order valence-corrected chi connectivity index (χ3v) is 3.92. The second kappa shape index (κ2) is 3.18. The smallest absolute Gasteiger partial charge is 0.339 e. The minimum Gasteiger partial charge on any atom is -0.467 e. The molecular formula is C9H14O5S. The van der Waals surface area contributed by atoms with Crippen molar-refractivity contribution >= 4 is 16.1 Å². The third kappa shape index (κ3) is 1.65. The number of hydrogen-bond acceptors (Lipinski definition) is 5. The van der Waals surface area contributed by atoms with E-state index in [4.69, 9.17) is 4.18 Å². The summed E-state index contributed by atoms with van der Waals surface area (Å²) in [5, 5.41) is 0. The Morgan fingerprint density at radius 3 is 2.33 bits per heavy atom. The maximum atomic E-state index is 11.6. The van der Waals surface area contributed by atoms with E-state index in [0.717, 1.165) is 19.1 Å². The fraction of sp³-hybridized carbons (Fsp3) is 0.889. The molecule has 0 amide bonds. The Morgan fingerprint density at radius 2 is 2.00 bits per heavy atom. The van der Waals surface area contributed by atoms with Gasteiger partial charge < -0.3 is 4.74 Å². The van der Waals surface area contributed by atoms with Gasteiger partial charge >= 0.3 is 5.97 Å². The quantitative estimate of drug-likeness (QED) is 0.519. The summed E-state index contributed by atoms with van der Waals surface area (Å²) >= 11 is 0. The largest absolute Gasteiger partial charge is 0.467 e. The summed E-state index contributed by atoms with van der Waals surface area (Å²) in [5.74, 6) is -0.140. The topological polar surface area (TPSA) is 69.7 Å². The molecule has 0 aromatic carbocycles. The molecule has 3 aliphatic carbocycles. The van der Waals surface area contributed by atoms with E-state index in [1.165, 1.54) is 7.11 Å². The van der Waals surface area contributed by atoms with Crippen LogP contribution in [0, 0.1) is 11.8 Å². The molecule has 15 heavy (non-hydrogen) atoms. The molecule has 0 heterocycles. The molecule has 0 aromatic rings. The lowest BCUT2D eigenvalue weighted by Gasteiger charge is -2.31. The van der Waals surface area contributed by atoms with Gasteiger partial charge in [-0.05, 0) is 25.2 Å². The predicted octanol–water partition coefficient (Wildman–Crippen LogP) is 0.304. The van der Waals surface area contributed by atoms with Crippen molar-refractivity contribution in [1.82, 2.24) is 0 Å². The second-order valence-electron chi connectivity index (χ2n) is 4.41. The van der Waals surface area contributed by atoms with Crippen molar-refractivity contribution < 1.29 is 22.1 Å². The molecule has 0 spiro atoms. The lowest BCUT2D eigenvalue weighted by Crippen LogP contribution is -2.45. The molecule has 0 radical (unpaired) electrons. The van der Waals surface area contributed by atoms with Gasteiger partial charge in [0, 0.05) is 5.92 Å². The average molecular weight is 234 g/mol. The van der Waals surface area contributed by atoms with Crippen molar-refractivity contribution in [2.75, 3.05) is 13.4 Å². The lowest BCUT2D eigenvalue weighted by atomic mass is 9.81. The highest BCUT2D eigenvalue weighted by Gasteiger charge is 2.63. The predicted molar refractivity (Wildman–Crippen MR) is 51.5 cm³/mol. The van der Waals surface area contributed by atoms with Crippen LogP contribution in [0.2, 0.25) is 0 Å². The molecule has 6 heteroatoms. The molecule has 0 saturated heterocycles. The zero-order valence-electron chi connectivity index (χ0n) is 8.73. The van der Waals surface area contributed by atoms with Gasteiger partial charge in [0.25, 0.3) is 10.1 Å². The summed E-state index contributed by atoms with van der Waals surface area (Å²) in [6, 6.07) is 0. The van der Waals surface area contributed by atoms with Crippen LogP contribution in [0.25, 0.3) is 0 Å². The summed E-state index contributed by atoms with van der Waals surface area (Å²) in [7, 11) is -2.37. The first-order valence-electron chi connectivity index (χ1n) is 4.86. The van der Waals surface area contributed by atoms with Crippen LogP contribution in [-0.4, -0.2) is 33.4 Å². The number of esters is 1. The van der Waals surface area contributed by atoms with Crippen molar-refractivity contribution in [2.24, 2.45) is 11.8 Å². The van der Waals surface area contributed by atoms with Crippen molar-refractivity contribution in [3.05, 3.63) is 0 Å². The van der Waals surface area contributed by atoms with Crippen molar-refractivity contribution in [3.8, 4) is 0 Å². The van der Waals surface area contributed by atoms with Gasteiger partial charge in [-0.1, -0.05) is 0 Å². The fourth-order valence-corrected chi connectivity index (χ4v) is 3.52. The molecule has 0 N–H and O–H groups in total. The standard InChI is InChI=1S/C9H14O5S/c1-13-8(10)9(14-15(2,11)12)5-6-3-7(9)4-6/h6-7H,3-5H2,1-2H3/t6?,7?,9-/m0/s1. The highest BCUT2D eigenvalue weighted by molar-refractivity contribution is 7.86. The van der Waals surface area contributed by atoms with Gasteiger partial charge in [-0.2, -0.15) is 8.42 Å². The van der Waals surface area contributed by atoms with E-state index in [-0.39, 0.29) is 5.92 Å². The Hall–Kier alpha value is -0.620. The summed E-state index contributed by atoms with van der Waals surface area (Å²) in [6.07, 6.45) is 3.17. The number of fused-ring (bicyclic) bond motifs is 1. The van der Waals surface area contributed by atoms with E-state index in [1.807, 2.05) is 0 Å². The van der Waals surface area contributed by atoms with E-state index in [1.54, 1.807) is 0 Å². The summed E-state index contributed by atoms with van der Waals surface area (Å²) < 4.78 is 31.9. The fourth-order valence-electron chi connectivity index (χ4n) is 2.71. The van der Waals surface area contributed by atoms with Gasteiger partial charge in [-0.25, -0.2) is 4.79 Å². The first-order chi connectivity index (χ1) is 6.87. The van der Waals surface area contributed by atoms with Gasteiger partial charge in [0.15, 0.2) is 5.60 Å². The van der Waals surface area contributed by atoms with E-state index in [9.17, 15) is 13.2 Å². The van der Waals surface area contributed by atoms with E-state index in [2.05, 4.69) is 4.74 Å². The molecular weight excluding hydrogens is 220 g/mol. The molecule has 1 atom stereocenters. The highest BCUT2D eigenvalue weighted by atomic mass is 32.2. The van der Waals surface area contributed by atoms with Gasteiger partial charge in [0.05, 0.1) is 13.4 Å². The first-order valence-corrected chi connectivity index (χ1v) is 6.68. The van der Waals surface area contributed by atoms with Crippen LogP contribution in [0.4, 0.5) is 0 Å². The SMILES string of the molecule is COC(=O)[C@]1(OS(C)(=O)=O)CC2CC1C2. The van der Waals surface area contributed by atoms with E-state index < -0.39 is 21.7 Å². The van der Waals surface area contributed by atoms with Gasteiger partial charge in [0.1, 0.15) is 0 Å².